The van der Waals surface area contributed by atoms with Gasteiger partial charge < -0.3 is 32.5 Å². The zero-order valence-corrected chi connectivity index (χ0v) is 25.7. The molecule has 0 saturated heterocycles. The van der Waals surface area contributed by atoms with Gasteiger partial charge in [0.1, 0.15) is 11.7 Å². The predicted molar refractivity (Wildman–Crippen MR) is 157 cm³/mol. The molecule has 232 valence electrons. The molecular formula is C30H41N7O6. The summed E-state index contributed by atoms with van der Waals surface area (Å²) in [5.41, 5.74) is 13.7. The van der Waals surface area contributed by atoms with Crippen LogP contribution in [0.15, 0.2) is 6.07 Å². The highest BCUT2D eigenvalue weighted by atomic mass is 16.3. The van der Waals surface area contributed by atoms with Crippen LogP contribution in [0.3, 0.4) is 0 Å². The van der Waals surface area contributed by atoms with Crippen molar-refractivity contribution in [3.8, 4) is 11.8 Å². The van der Waals surface area contributed by atoms with Crippen LogP contribution < -0.4 is 27.4 Å². The monoisotopic (exact) mass is 595 g/mol. The highest BCUT2D eigenvalue weighted by Gasteiger charge is 2.78. The number of anilines is 1. The van der Waals surface area contributed by atoms with E-state index in [4.69, 9.17) is 17.2 Å². The Bertz CT molecular complexity index is 1490. The van der Waals surface area contributed by atoms with Crippen molar-refractivity contribution in [2.24, 2.45) is 39.9 Å². The summed E-state index contributed by atoms with van der Waals surface area (Å²) < 4.78 is 0. The maximum atomic E-state index is 14.5. The van der Waals surface area contributed by atoms with Crippen LogP contribution in [-0.2, 0) is 32.1 Å². The predicted octanol–water partition coefficient (Wildman–Crippen LogP) is -0.990. The van der Waals surface area contributed by atoms with Gasteiger partial charge in [0, 0.05) is 44.0 Å². The van der Waals surface area contributed by atoms with Gasteiger partial charge in [-0.25, -0.2) is 0 Å². The molecule has 1 amide bonds. The number of amides is 1. The number of phenols is 1. The van der Waals surface area contributed by atoms with E-state index >= 15 is 0 Å². The third-order valence-electron chi connectivity index (χ3n) is 9.10. The third kappa shape index (κ3) is 4.47. The van der Waals surface area contributed by atoms with E-state index in [0.717, 1.165) is 0 Å². The van der Waals surface area contributed by atoms with Gasteiger partial charge in [0.15, 0.2) is 34.5 Å². The first-order valence-corrected chi connectivity index (χ1v) is 14.1. The fourth-order valence-corrected chi connectivity index (χ4v) is 7.42. The minimum Gasteiger partial charge on any atom is -0.507 e. The number of aromatic hydroxyl groups is 1. The Labute approximate surface area is 250 Å². The number of Topliss-reactive ketones (excluding diaryl/α,β-unsaturated/α-hetero) is 4. The van der Waals surface area contributed by atoms with E-state index in [0.29, 0.717) is 23.4 Å². The van der Waals surface area contributed by atoms with Crippen LogP contribution in [0.1, 0.15) is 48.7 Å². The summed E-state index contributed by atoms with van der Waals surface area (Å²) in [6, 6.07) is 2.02. The quantitative estimate of drug-likeness (QED) is 0.250. The number of nitriles is 1. The molecule has 1 aromatic rings. The minimum absolute atomic E-state index is 0.0564. The van der Waals surface area contributed by atoms with Crippen molar-refractivity contribution in [2.45, 2.75) is 57.3 Å². The average Bonchev–Trinajstić information content (AvgIpc) is 2.83. The molecule has 6 atom stereocenters. The number of nitrogens with zero attached hydrogens (tertiary/aromatic N) is 3. The number of likely N-dealkylation sites (N-methyl/N-ethyl adjacent to an activating group) is 1. The standard InChI is InChI=1S/C30H41N7O6/c1-27(2,3)13-35-10-14-8-16(36(4)5)15-9-28(33)11-30(34)23(37(6)7)22(40)18(26(32)43)24(41)29(30,12-31)25(42)19(28)21(39)17(15)20(14)38/h8,18-19,23,35,38H,9-11,13,33-34H2,1-7H3,(H2,32,43)/t18?,19?,23-,28-,29+,30-/m1/s1. The van der Waals surface area contributed by atoms with E-state index in [1.54, 1.807) is 31.1 Å². The molecular weight excluding hydrogens is 554 g/mol. The lowest BCUT2D eigenvalue weighted by Crippen LogP contribution is -2.85. The van der Waals surface area contributed by atoms with Gasteiger partial charge in [-0.3, -0.25) is 28.9 Å². The number of benzene rings is 1. The van der Waals surface area contributed by atoms with Crippen LogP contribution in [0.5, 0.6) is 5.75 Å². The summed E-state index contributed by atoms with van der Waals surface area (Å²) in [4.78, 5) is 71.7. The summed E-state index contributed by atoms with van der Waals surface area (Å²) in [5, 5.41) is 25.2. The summed E-state index contributed by atoms with van der Waals surface area (Å²) in [6.45, 7) is 6.96. The number of ketones is 4. The van der Waals surface area contributed by atoms with E-state index < -0.39 is 69.8 Å². The number of rotatable bonds is 6. The number of carbonyl (C=O) groups excluding carboxylic acids is 5. The largest absolute Gasteiger partial charge is 0.507 e. The first kappa shape index (κ1) is 32.2. The summed E-state index contributed by atoms with van der Waals surface area (Å²) >= 11 is 0. The van der Waals surface area contributed by atoms with Crippen LogP contribution in [0.25, 0.3) is 0 Å². The normalized spacial score (nSPS) is 32.2. The molecule has 0 aliphatic heterocycles. The highest BCUT2D eigenvalue weighted by Crippen LogP contribution is 2.57. The molecule has 13 nitrogen and oxygen atoms in total. The van der Waals surface area contributed by atoms with Gasteiger partial charge in [0.2, 0.25) is 5.91 Å². The van der Waals surface area contributed by atoms with Gasteiger partial charge in [0.25, 0.3) is 0 Å². The van der Waals surface area contributed by atoms with E-state index in [9.17, 15) is 34.3 Å². The zero-order chi connectivity index (χ0) is 32.6. The molecule has 2 fully saturated rings. The summed E-state index contributed by atoms with van der Waals surface area (Å²) in [7, 11) is 6.46. The molecule has 0 radical (unpaired) electrons. The van der Waals surface area contributed by atoms with Crippen LogP contribution in [0.2, 0.25) is 0 Å². The Kier molecular flexibility index (Phi) is 7.64. The molecule has 43 heavy (non-hydrogen) atoms. The fourth-order valence-electron chi connectivity index (χ4n) is 7.42. The number of hydrogen-bond donors (Lipinski definition) is 5. The number of phenolic OH excluding ortho intramolecular Hbond substituents is 1. The van der Waals surface area contributed by atoms with Gasteiger partial charge in [-0.1, -0.05) is 20.8 Å². The molecule has 0 aromatic heterocycles. The lowest BCUT2D eigenvalue weighted by atomic mass is 9.42. The Morgan fingerprint density at radius 1 is 1.14 bits per heavy atom. The van der Waals surface area contributed by atoms with Crippen molar-refractivity contribution in [1.82, 2.24) is 10.2 Å². The van der Waals surface area contributed by atoms with E-state index in [2.05, 4.69) is 5.32 Å². The van der Waals surface area contributed by atoms with Crippen molar-refractivity contribution in [2.75, 3.05) is 39.6 Å². The first-order valence-electron chi connectivity index (χ1n) is 14.1. The number of primary amides is 1. The SMILES string of the molecule is CN(C)c1cc(CNCC(C)(C)C)c(O)c2c1C[C@@]1(N)C[C@@]3(N)[C@H](N(C)C)C(=O)C(C(N)=O)C(=O)[C@@]3(C#N)C(=O)C1C2=O. The molecule has 3 aliphatic rings. The molecule has 3 aliphatic carbocycles. The topological polar surface area (TPSA) is 226 Å². The van der Waals surface area contributed by atoms with Crippen molar-refractivity contribution in [3.05, 3.63) is 22.8 Å². The average molecular weight is 596 g/mol. The van der Waals surface area contributed by atoms with Gasteiger partial charge in [-0.2, -0.15) is 5.26 Å². The van der Waals surface area contributed by atoms with Crippen molar-refractivity contribution < 1.29 is 29.1 Å². The summed E-state index contributed by atoms with van der Waals surface area (Å²) in [6.07, 6.45) is -0.576. The van der Waals surface area contributed by atoms with Gasteiger partial charge in [-0.05, 0) is 44.0 Å². The highest BCUT2D eigenvalue weighted by molar-refractivity contribution is 6.33. The molecule has 2 unspecified atom stereocenters. The van der Waals surface area contributed by atoms with Crippen molar-refractivity contribution >= 4 is 34.7 Å². The van der Waals surface area contributed by atoms with Crippen LogP contribution in [0, 0.1) is 34.0 Å². The van der Waals surface area contributed by atoms with Crippen molar-refractivity contribution in [1.29, 1.82) is 5.26 Å². The molecule has 0 bridgehead atoms. The van der Waals surface area contributed by atoms with E-state index in [1.807, 2.05) is 20.8 Å². The van der Waals surface area contributed by atoms with Crippen LogP contribution in [-0.4, -0.2) is 90.9 Å². The van der Waals surface area contributed by atoms with Gasteiger partial charge in [0.05, 0.1) is 23.2 Å². The maximum absolute atomic E-state index is 14.5. The molecule has 4 rings (SSSR count). The Morgan fingerprint density at radius 2 is 1.74 bits per heavy atom. The molecule has 0 heterocycles. The second-order valence-electron chi connectivity index (χ2n) is 13.9. The first-order chi connectivity index (χ1) is 19.7. The van der Waals surface area contributed by atoms with E-state index in [-0.39, 0.29) is 29.7 Å². The third-order valence-corrected chi connectivity index (χ3v) is 9.10. The molecule has 13 heteroatoms. The Balaban J connectivity index is 1.96. The maximum Gasteiger partial charge on any atom is 0.235 e. The number of nitrogens with two attached hydrogens (primary N) is 3. The Hall–Kier alpha value is -3.70. The zero-order valence-electron chi connectivity index (χ0n) is 25.7. The van der Waals surface area contributed by atoms with Crippen LogP contribution in [0.4, 0.5) is 5.69 Å². The molecule has 2 saturated carbocycles. The van der Waals surface area contributed by atoms with Gasteiger partial charge >= 0.3 is 0 Å². The number of nitrogens with one attached hydrogen (secondary N) is 1. The van der Waals surface area contributed by atoms with Gasteiger partial charge in [-0.15, -0.1) is 0 Å². The summed E-state index contributed by atoms with van der Waals surface area (Å²) in [5.74, 6) is -9.86. The molecule has 1 aromatic carbocycles. The fraction of sp³-hybridized carbons (Fsp3) is 0.600. The second-order valence-corrected chi connectivity index (χ2v) is 13.9. The number of hydrogen-bond acceptors (Lipinski definition) is 12. The molecule has 8 N–H and O–H groups in total. The van der Waals surface area contributed by atoms with E-state index in [1.165, 1.54) is 19.0 Å². The molecule has 0 spiro atoms. The number of fused-ring (bicyclic) bond motifs is 3. The number of carbonyl (C=O) groups is 5. The lowest BCUT2D eigenvalue weighted by Gasteiger charge is -2.60. The minimum atomic E-state index is -2.78. The van der Waals surface area contributed by atoms with Crippen LogP contribution >= 0.6 is 0 Å². The second kappa shape index (κ2) is 10.2. The lowest BCUT2D eigenvalue weighted by molar-refractivity contribution is -0.166. The van der Waals surface area contributed by atoms with Crippen molar-refractivity contribution in [3.63, 3.8) is 0 Å². The Morgan fingerprint density at radius 3 is 2.23 bits per heavy atom. The smallest absolute Gasteiger partial charge is 0.235 e.